The van der Waals surface area contributed by atoms with Crippen molar-refractivity contribution in [2.45, 2.75) is 57.9 Å². The van der Waals surface area contributed by atoms with E-state index in [0.29, 0.717) is 12.5 Å². The number of benzene rings is 2. The SMILES string of the molecule is CC/C=C\C(COc1ccc(C(CC2CCCC2)c2ccc(-c3nnnn3CCN(C)C)cc2)cc1)=NC.CS. The first-order chi connectivity index (χ1) is 19.6. The molecule has 0 aliphatic heterocycles. The van der Waals surface area contributed by atoms with Gasteiger partial charge in [-0.15, -0.1) is 5.10 Å². The summed E-state index contributed by atoms with van der Waals surface area (Å²) in [7, 11) is 5.93. The first-order valence-electron chi connectivity index (χ1n) is 14.4. The Morgan fingerprint density at radius 1 is 1.07 bits per heavy atom. The van der Waals surface area contributed by atoms with E-state index in [0.717, 1.165) is 48.3 Å². The lowest BCUT2D eigenvalue weighted by atomic mass is 9.83. The van der Waals surface area contributed by atoms with Crippen LogP contribution in [0, 0.1) is 5.92 Å². The van der Waals surface area contributed by atoms with Crippen LogP contribution in [0.15, 0.2) is 65.7 Å². The fourth-order valence-corrected chi connectivity index (χ4v) is 5.16. The number of rotatable bonds is 13. The van der Waals surface area contributed by atoms with Crippen LogP contribution < -0.4 is 4.74 Å². The van der Waals surface area contributed by atoms with Crippen LogP contribution >= 0.6 is 12.6 Å². The van der Waals surface area contributed by atoms with E-state index in [4.69, 9.17) is 4.74 Å². The van der Waals surface area contributed by atoms with Gasteiger partial charge in [0.25, 0.3) is 0 Å². The second kappa shape index (κ2) is 17.0. The van der Waals surface area contributed by atoms with Crippen molar-refractivity contribution in [3.05, 3.63) is 71.8 Å². The predicted octanol–water partition coefficient (Wildman–Crippen LogP) is 6.58. The molecule has 1 heterocycles. The summed E-state index contributed by atoms with van der Waals surface area (Å²) in [5.41, 5.74) is 4.67. The fraction of sp³-hybridized carbons (Fsp3) is 0.500. The standard InChI is InChI=1S/C31H42N6O.CH4S/c1-5-6-11-28(32-2)23-38-29-18-16-26(17-19-29)30(22-24-9-7-8-10-24)25-12-14-27(15-13-25)31-33-34-35-37(31)21-20-36(3)4;1-2/h6,11-19,24,30H,5,7-10,20-23H2,1-4H3;2H,1H3/b11-6-,32-28?;. The number of hydrogen-bond donors (Lipinski definition) is 1. The van der Waals surface area contributed by atoms with Crippen molar-refractivity contribution in [3.63, 3.8) is 0 Å². The van der Waals surface area contributed by atoms with Crippen molar-refractivity contribution in [2.75, 3.05) is 40.6 Å². The highest BCUT2D eigenvalue weighted by atomic mass is 32.1. The Hall–Kier alpha value is -2.97. The zero-order valence-corrected chi connectivity index (χ0v) is 25.7. The van der Waals surface area contributed by atoms with E-state index in [1.807, 2.05) is 17.8 Å². The second-order valence-electron chi connectivity index (χ2n) is 10.5. The van der Waals surface area contributed by atoms with Gasteiger partial charge in [0, 0.05) is 25.1 Å². The monoisotopic (exact) mass is 562 g/mol. The zero-order chi connectivity index (χ0) is 28.7. The fourth-order valence-electron chi connectivity index (χ4n) is 5.16. The first-order valence-corrected chi connectivity index (χ1v) is 15.3. The summed E-state index contributed by atoms with van der Waals surface area (Å²) in [6.45, 7) is 4.25. The summed E-state index contributed by atoms with van der Waals surface area (Å²) in [5, 5.41) is 12.4. The summed E-state index contributed by atoms with van der Waals surface area (Å²) in [6, 6.07) is 17.5. The molecule has 3 aromatic rings. The molecule has 1 aliphatic rings. The minimum Gasteiger partial charge on any atom is -0.487 e. The molecule has 216 valence electrons. The van der Waals surface area contributed by atoms with Gasteiger partial charge < -0.3 is 9.64 Å². The maximum atomic E-state index is 6.03. The van der Waals surface area contributed by atoms with Gasteiger partial charge in [-0.1, -0.05) is 75.1 Å². The van der Waals surface area contributed by atoms with Gasteiger partial charge in [0.05, 0.1) is 12.3 Å². The van der Waals surface area contributed by atoms with E-state index in [2.05, 4.69) is 114 Å². The van der Waals surface area contributed by atoms with Crippen LogP contribution in [0.25, 0.3) is 11.4 Å². The summed E-state index contributed by atoms with van der Waals surface area (Å²) < 4.78 is 7.91. The Kier molecular flexibility index (Phi) is 13.4. The van der Waals surface area contributed by atoms with Gasteiger partial charge in [0.15, 0.2) is 5.82 Å². The largest absolute Gasteiger partial charge is 0.487 e. The highest BCUT2D eigenvalue weighted by Gasteiger charge is 2.23. The molecule has 0 saturated heterocycles. The maximum Gasteiger partial charge on any atom is 0.182 e. The van der Waals surface area contributed by atoms with Crippen LogP contribution in [-0.4, -0.2) is 71.4 Å². The lowest BCUT2D eigenvalue weighted by Gasteiger charge is -2.22. The quantitative estimate of drug-likeness (QED) is 0.188. The van der Waals surface area contributed by atoms with Crippen molar-refractivity contribution in [3.8, 4) is 17.1 Å². The molecule has 2 aromatic carbocycles. The number of hydrogen-bond acceptors (Lipinski definition) is 7. The molecule has 7 nitrogen and oxygen atoms in total. The van der Waals surface area contributed by atoms with Gasteiger partial charge in [-0.05, 0) is 78.9 Å². The summed E-state index contributed by atoms with van der Waals surface area (Å²) >= 11 is 3.53. The van der Waals surface area contributed by atoms with Crippen LogP contribution in [0.2, 0.25) is 0 Å². The first kappa shape index (κ1) is 31.6. The Bertz CT molecular complexity index is 1180. The number of thiol groups is 1. The Morgan fingerprint density at radius 2 is 1.73 bits per heavy atom. The van der Waals surface area contributed by atoms with Crippen molar-refractivity contribution in [1.29, 1.82) is 0 Å². The highest BCUT2D eigenvalue weighted by molar-refractivity contribution is 7.79. The third-order valence-corrected chi connectivity index (χ3v) is 7.41. The van der Waals surface area contributed by atoms with E-state index in [-0.39, 0.29) is 0 Å². The Balaban J connectivity index is 0.00000216. The Morgan fingerprint density at radius 3 is 2.33 bits per heavy atom. The number of aromatic nitrogens is 4. The maximum absolute atomic E-state index is 6.03. The molecule has 1 saturated carbocycles. The molecule has 0 radical (unpaired) electrons. The third kappa shape index (κ3) is 9.30. The number of allylic oxidation sites excluding steroid dienone is 1. The molecule has 0 N–H and O–H groups in total. The van der Waals surface area contributed by atoms with Gasteiger partial charge in [0.1, 0.15) is 12.4 Å². The predicted molar refractivity (Wildman–Crippen MR) is 170 cm³/mol. The molecule has 8 heteroatoms. The number of likely N-dealkylation sites (N-methyl/N-ethyl adjacent to an activating group) is 1. The van der Waals surface area contributed by atoms with Crippen molar-refractivity contribution < 1.29 is 4.74 Å². The van der Waals surface area contributed by atoms with Gasteiger partial charge in [-0.25, -0.2) is 4.68 Å². The summed E-state index contributed by atoms with van der Waals surface area (Å²) in [4.78, 5) is 6.46. The molecular formula is C32H46N6OS. The average Bonchev–Trinajstić information content (AvgIpc) is 3.69. The van der Waals surface area contributed by atoms with Crippen LogP contribution in [0.1, 0.15) is 62.5 Å². The van der Waals surface area contributed by atoms with Gasteiger partial charge in [0.2, 0.25) is 0 Å². The molecule has 40 heavy (non-hydrogen) atoms. The average molecular weight is 563 g/mol. The van der Waals surface area contributed by atoms with E-state index >= 15 is 0 Å². The number of tetrazole rings is 1. The molecule has 0 amide bonds. The summed E-state index contributed by atoms with van der Waals surface area (Å²) in [6.07, 6.45) is 13.4. The topological polar surface area (TPSA) is 68.4 Å². The van der Waals surface area contributed by atoms with Crippen LogP contribution in [-0.2, 0) is 6.54 Å². The molecule has 0 bridgehead atoms. The lowest BCUT2D eigenvalue weighted by Crippen LogP contribution is -2.19. The van der Waals surface area contributed by atoms with E-state index < -0.39 is 0 Å². The normalized spacial score (nSPS) is 14.9. The van der Waals surface area contributed by atoms with E-state index in [1.54, 1.807) is 6.26 Å². The van der Waals surface area contributed by atoms with Gasteiger partial charge >= 0.3 is 0 Å². The molecule has 1 aliphatic carbocycles. The van der Waals surface area contributed by atoms with Gasteiger partial charge in [-0.3, -0.25) is 4.99 Å². The second-order valence-corrected chi connectivity index (χ2v) is 10.5. The molecular weight excluding hydrogens is 516 g/mol. The van der Waals surface area contributed by atoms with Crippen LogP contribution in [0.3, 0.4) is 0 Å². The molecule has 1 aromatic heterocycles. The smallest absolute Gasteiger partial charge is 0.182 e. The molecule has 4 rings (SSSR count). The highest BCUT2D eigenvalue weighted by Crippen LogP contribution is 2.38. The number of nitrogens with zero attached hydrogens (tertiary/aromatic N) is 6. The number of ether oxygens (including phenoxy) is 1. The van der Waals surface area contributed by atoms with Crippen molar-refractivity contribution >= 4 is 18.3 Å². The van der Waals surface area contributed by atoms with E-state index in [9.17, 15) is 0 Å². The van der Waals surface area contributed by atoms with Crippen LogP contribution in [0.4, 0.5) is 0 Å². The van der Waals surface area contributed by atoms with Crippen molar-refractivity contribution in [1.82, 2.24) is 25.1 Å². The minimum atomic E-state index is 0.353. The zero-order valence-electron chi connectivity index (χ0n) is 24.8. The van der Waals surface area contributed by atoms with Crippen LogP contribution in [0.5, 0.6) is 5.75 Å². The molecule has 1 fully saturated rings. The lowest BCUT2D eigenvalue weighted by molar-refractivity contribution is 0.372. The summed E-state index contributed by atoms with van der Waals surface area (Å²) in [5.74, 6) is 2.82. The molecule has 0 spiro atoms. The van der Waals surface area contributed by atoms with E-state index in [1.165, 1.54) is 43.2 Å². The molecule has 1 atom stereocenters. The number of aliphatic imine (C=N–C) groups is 1. The Labute approximate surface area is 246 Å². The van der Waals surface area contributed by atoms with Gasteiger partial charge in [-0.2, -0.15) is 12.6 Å². The minimum absolute atomic E-state index is 0.353. The molecule has 1 unspecified atom stereocenters. The van der Waals surface area contributed by atoms with Crippen molar-refractivity contribution in [2.24, 2.45) is 10.9 Å². The third-order valence-electron chi connectivity index (χ3n) is 7.41.